The number of rotatable bonds is 4. The Bertz CT molecular complexity index is 573. The SMILES string of the molecule is Cc1ccc(OC(C(=O)O)c2cccc(C)c2)cc1. The van der Waals surface area contributed by atoms with Crippen molar-refractivity contribution in [3.8, 4) is 5.75 Å². The van der Waals surface area contributed by atoms with Gasteiger partial charge >= 0.3 is 5.97 Å². The van der Waals surface area contributed by atoms with Gasteiger partial charge in [0.15, 0.2) is 0 Å². The van der Waals surface area contributed by atoms with Gasteiger partial charge in [0.25, 0.3) is 0 Å². The normalized spacial score (nSPS) is 11.9. The molecular weight excluding hydrogens is 240 g/mol. The lowest BCUT2D eigenvalue weighted by atomic mass is 10.1. The first-order valence-electron chi connectivity index (χ1n) is 6.09. The lowest BCUT2D eigenvalue weighted by Gasteiger charge is -2.16. The van der Waals surface area contributed by atoms with Crippen LogP contribution in [0.15, 0.2) is 48.5 Å². The Morgan fingerprint density at radius 1 is 1.05 bits per heavy atom. The zero-order valence-corrected chi connectivity index (χ0v) is 11.0. The van der Waals surface area contributed by atoms with Crippen molar-refractivity contribution in [1.29, 1.82) is 0 Å². The molecule has 0 aliphatic rings. The number of aryl methyl sites for hydroxylation is 2. The predicted octanol–water partition coefficient (Wildman–Crippen LogP) is 3.51. The van der Waals surface area contributed by atoms with Gasteiger partial charge in [0.1, 0.15) is 5.75 Å². The lowest BCUT2D eigenvalue weighted by Crippen LogP contribution is -2.18. The van der Waals surface area contributed by atoms with Crippen LogP contribution in [0.2, 0.25) is 0 Å². The van der Waals surface area contributed by atoms with Gasteiger partial charge in [0.2, 0.25) is 6.10 Å². The summed E-state index contributed by atoms with van der Waals surface area (Å²) in [5, 5.41) is 9.31. The van der Waals surface area contributed by atoms with Crippen molar-refractivity contribution in [3.05, 3.63) is 65.2 Å². The third-order valence-corrected chi connectivity index (χ3v) is 2.84. The van der Waals surface area contributed by atoms with Crippen LogP contribution in [-0.2, 0) is 4.79 Å². The van der Waals surface area contributed by atoms with E-state index in [1.165, 1.54) is 0 Å². The van der Waals surface area contributed by atoms with Gasteiger partial charge in [-0.25, -0.2) is 4.79 Å². The zero-order chi connectivity index (χ0) is 13.8. The third kappa shape index (κ3) is 3.35. The minimum Gasteiger partial charge on any atom is -0.478 e. The van der Waals surface area contributed by atoms with Gasteiger partial charge in [0.05, 0.1) is 0 Å². The molecule has 0 saturated carbocycles. The number of ether oxygens (including phenoxy) is 1. The van der Waals surface area contributed by atoms with E-state index in [-0.39, 0.29) is 0 Å². The van der Waals surface area contributed by atoms with E-state index in [4.69, 9.17) is 4.74 Å². The summed E-state index contributed by atoms with van der Waals surface area (Å²) >= 11 is 0. The molecule has 0 heterocycles. The van der Waals surface area contributed by atoms with Crippen LogP contribution in [0.25, 0.3) is 0 Å². The number of carboxylic acid groups (broad SMARTS) is 1. The molecule has 0 bridgehead atoms. The number of hydrogen-bond donors (Lipinski definition) is 1. The van der Waals surface area contributed by atoms with Crippen LogP contribution in [0.1, 0.15) is 22.8 Å². The lowest BCUT2D eigenvalue weighted by molar-refractivity contribution is -0.145. The highest BCUT2D eigenvalue weighted by atomic mass is 16.5. The summed E-state index contributed by atoms with van der Waals surface area (Å²) < 4.78 is 5.57. The molecule has 0 aromatic heterocycles. The average molecular weight is 256 g/mol. The van der Waals surface area contributed by atoms with E-state index in [0.29, 0.717) is 11.3 Å². The van der Waals surface area contributed by atoms with Gasteiger partial charge in [-0.05, 0) is 26.0 Å². The second-order valence-corrected chi connectivity index (χ2v) is 4.56. The summed E-state index contributed by atoms with van der Waals surface area (Å²) in [4.78, 5) is 11.4. The molecule has 19 heavy (non-hydrogen) atoms. The Morgan fingerprint density at radius 2 is 1.74 bits per heavy atom. The fourth-order valence-electron chi connectivity index (χ4n) is 1.85. The van der Waals surface area contributed by atoms with Crippen LogP contribution >= 0.6 is 0 Å². The van der Waals surface area contributed by atoms with E-state index in [1.807, 2.05) is 44.2 Å². The summed E-state index contributed by atoms with van der Waals surface area (Å²) in [5.74, 6) is -0.439. The van der Waals surface area contributed by atoms with E-state index in [9.17, 15) is 9.90 Å². The molecule has 3 heteroatoms. The molecule has 0 spiro atoms. The van der Waals surface area contributed by atoms with Crippen molar-refractivity contribution in [2.24, 2.45) is 0 Å². The molecule has 0 fully saturated rings. The standard InChI is InChI=1S/C16H16O3/c1-11-6-8-14(9-7-11)19-15(16(17)18)13-5-3-4-12(2)10-13/h3-10,15H,1-2H3,(H,17,18). The molecule has 0 radical (unpaired) electrons. The summed E-state index contributed by atoms with van der Waals surface area (Å²) in [6.07, 6.45) is -0.984. The van der Waals surface area contributed by atoms with Crippen molar-refractivity contribution in [3.63, 3.8) is 0 Å². The maximum absolute atomic E-state index is 11.4. The van der Waals surface area contributed by atoms with Gasteiger partial charge in [-0.1, -0.05) is 47.5 Å². The van der Waals surface area contributed by atoms with E-state index in [1.54, 1.807) is 18.2 Å². The molecule has 1 N–H and O–H groups in total. The Kier molecular flexibility index (Phi) is 3.85. The topological polar surface area (TPSA) is 46.5 Å². The second-order valence-electron chi connectivity index (χ2n) is 4.56. The van der Waals surface area contributed by atoms with Gasteiger partial charge in [-0.2, -0.15) is 0 Å². The molecule has 2 aromatic carbocycles. The number of hydrogen-bond acceptors (Lipinski definition) is 2. The van der Waals surface area contributed by atoms with E-state index < -0.39 is 12.1 Å². The first kappa shape index (κ1) is 13.1. The Balaban J connectivity index is 2.26. The molecule has 0 saturated heterocycles. The zero-order valence-electron chi connectivity index (χ0n) is 11.0. The quantitative estimate of drug-likeness (QED) is 0.910. The minimum atomic E-state index is -0.994. The summed E-state index contributed by atoms with van der Waals surface area (Å²) in [7, 11) is 0. The van der Waals surface area contributed by atoms with Gasteiger partial charge in [-0.3, -0.25) is 0 Å². The van der Waals surface area contributed by atoms with Gasteiger partial charge < -0.3 is 9.84 Å². The summed E-state index contributed by atoms with van der Waals surface area (Å²) in [5.41, 5.74) is 2.76. The Hall–Kier alpha value is -2.29. The third-order valence-electron chi connectivity index (χ3n) is 2.84. The number of aliphatic carboxylic acids is 1. The van der Waals surface area contributed by atoms with Crippen molar-refractivity contribution < 1.29 is 14.6 Å². The molecule has 1 unspecified atom stereocenters. The van der Waals surface area contributed by atoms with Crippen LogP contribution in [-0.4, -0.2) is 11.1 Å². The van der Waals surface area contributed by atoms with E-state index >= 15 is 0 Å². The molecule has 98 valence electrons. The van der Waals surface area contributed by atoms with Crippen LogP contribution in [0.3, 0.4) is 0 Å². The van der Waals surface area contributed by atoms with Crippen molar-refractivity contribution in [2.75, 3.05) is 0 Å². The highest BCUT2D eigenvalue weighted by molar-refractivity contribution is 5.75. The molecule has 1 atom stereocenters. The van der Waals surface area contributed by atoms with Crippen LogP contribution in [0, 0.1) is 13.8 Å². The molecular formula is C16H16O3. The molecule has 0 aliphatic carbocycles. The summed E-state index contributed by atoms with van der Waals surface area (Å²) in [6, 6.07) is 14.7. The van der Waals surface area contributed by atoms with Gasteiger partial charge in [0, 0.05) is 5.56 Å². The number of benzene rings is 2. The highest BCUT2D eigenvalue weighted by Gasteiger charge is 2.21. The van der Waals surface area contributed by atoms with Crippen LogP contribution in [0.5, 0.6) is 5.75 Å². The Labute approximate surface area is 112 Å². The number of carbonyl (C=O) groups is 1. The molecule has 3 nitrogen and oxygen atoms in total. The highest BCUT2D eigenvalue weighted by Crippen LogP contribution is 2.23. The number of carboxylic acids is 1. The first-order valence-corrected chi connectivity index (χ1v) is 6.09. The Morgan fingerprint density at radius 3 is 2.32 bits per heavy atom. The van der Waals surface area contributed by atoms with Crippen molar-refractivity contribution in [1.82, 2.24) is 0 Å². The van der Waals surface area contributed by atoms with E-state index in [0.717, 1.165) is 11.1 Å². The van der Waals surface area contributed by atoms with Crippen LogP contribution < -0.4 is 4.74 Å². The van der Waals surface area contributed by atoms with Gasteiger partial charge in [-0.15, -0.1) is 0 Å². The van der Waals surface area contributed by atoms with Crippen molar-refractivity contribution in [2.45, 2.75) is 20.0 Å². The smallest absolute Gasteiger partial charge is 0.349 e. The largest absolute Gasteiger partial charge is 0.478 e. The molecule has 2 aromatic rings. The fraction of sp³-hybridized carbons (Fsp3) is 0.188. The predicted molar refractivity (Wildman–Crippen MR) is 73.4 cm³/mol. The van der Waals surface area contributed by atoms with E-state index in [2.05, 4.69) is 0 Å². The monoisotopic (exact) mass is 256 g/mol. The molecule has 0 aliphatic heterocycles. The van der Waals surface area contributed by atoms with Crippen molar-refractivity contribution >= 4 is 5.97 Å². The van der Waals surface area contributed by atoms with Crippen LogP contribution in [0.4, 0.5) is 0 Å². The molecule has 2 rings (SSSR count). The average Bonchev–Trinajstić information content (AvgIpc) is 2.37. The maximum atomic E-state index is 11.4. The fourth-order valence-corrected chi connectivity index (χ4v) is 1.85. The second kappa shape index (κ2) is 5.57. The summed E-state index contributed by atoms with van der Waals surface area (Å²) in [6.45, 7) is 3.90. The molecule has 0 amide bonds. The first-order chi connectivity index (χ1) is 9.06. The maximum Gasteiger partial charge on any atom is 0.349 e. The minimum absolute atomic E-state index is 0.555.